The molecule has 214 valence electrons. The van der Waals surface area contributed by atoms with Crippen molar-refractivity contribution in [2.45, 2.75) is 19.9 Å². The number of esters is 1. The quantitative estimate of drug-likeness (QED) is 0.475. The third-order valence-electron chi connectivity index (χ3n) is 7.10. The maximum absolute atomic E-state index is 13.6. The summed E-state index contributed by atoms with van der Waals surface area (Å²) in [6, 6.07) is 9.68. The molecule has 1 unspecified atom stereocenters. The number of ether oxygens (including phenoxy) is 3. The van der Waals surface area contributed by atoms with Gasteiger partial charge >= 0.3 is 12.0 Å². The zero-order chi connectivity index (χ0) is 28.8. The molecule has 2 heterocycles. The van der Waals surface area contributed by atoms with Gasteiger partial charge in [-0.2, -0.15) is 0 Å². The lowest BCUT2D eigenvalue weighted by molar-refractivity contribution is -0.139. The molecule has 4 rings (SSSR count). The zero-order valence-corrected chi connectivity index (χ0v) is 23.2. The van der Waals surface area contributed by atoms with Crippen molar-refractivity contribution in [3.63, 3.8) is 0 Å². The van der Waals surface area contributed by atoms with Gasteiger partial charge in [0, 0.05) is 56.1 Å². The molecule has 2 aromatic rings. The first-order valence-corrected chi connectivity index (χ1v) is 13.3. The second kappa shape index (κ2) is 12.8. The normalized spacial score (nSPS) is 17.9. The van der Waals surface area contributed by atoms with Gasteiger partial charge in [0.15, 0.2) is 0 Å². The molecule has 3 amide bonds. The second-order valence-corrected chi connectivity index (χ2v) is 9.39. The summed E-state index contributed by atoms with van der Waals surface area (Å²) in [6.45, 7) is 6.21. The molecule has 0 saturated carbocycles. The number of hydrogen-bond acceptors (Lipinski definition) is 7. The van der Waals surface area contributed by atoms with Gasteiger partial charge in [-0.1, -0.05) is 6.07 Å². The molecule has 1 atom stereocenters. The molecule has 0 radical (unpaired) electrons. The minimum atomic E-state index is -0.828. The number of amides is 3. The molecule has 10 nitrogen and oxygen atoms in total. The van der Waals surface area contributed by atoms with Crippen LogP contribution in [-0.4, -0.2) is 92.7 Å². The largest absolute Gasteiger partial charge is 0.497 e. The number of methoxy groups -OCH3 is 2. The van der Waals surface area contributed by atoms with E-state index < -0.39 is 17.8 Å². The Morgan fingerprint density at radius 2 is 1.77 bits per heavy atom. The predicted molar refractivity (Wildman–Crippen MR) is 146 cm³/mol. The van der Waals surface area contributed by atoms with Crippen molar-refractivity contribution >= 4 is 17.9 Å². The fourth-order valence-electron chi connectivity index (χ4n) is 5.08. The van der Waals surface area contributed by atoms with Crippen LogP contribution in [0.25, 0.3) is 0 Å². The number of piperazine rings is 1. The SMILES string of the molecule is CCOC(=O)C1=C(CN2CCN(C(=O)c3cccc(F)c3)CC2)N(CC)C(=O)NC1c1cc(OC)ccc1OC. The summed E-state index contributed by atoms with van der Waals surface area (Å²) < 4.78 is 30.1. The lowest BCUT2D eigenvalue weighted by Gasteiger charge is -2.40. The van der Waals surface area contributed by atoms with E-state index in [0.717, 1.165) is 0 Å². The fourth-order valence-corrected chi connectivity index (χ4v) is 5.08. The van der Waals surface area contributed by atoms with Crippen molar-refractivity contribution in [2.75, 3.05) is 60.1 Å². The van der Waals surface area contributed by atoms with Gasteiger partial charge in [-0.05, 0) is 50.2 Å². The van der Waals surface area contributed by atoms with Crippen LogP contribution in [0.5, 0.6) is 11.5 Å². The molecule has 1 N–H and O–H groups in total. The molecule has 1 saturated heterocycles. The standard InChI is InChI=1S/C29H35FN4O6/c1-5-34-23(18-32-12-14-33(15-13-32)27(35)19-8-7-9-20(30)16-19)25(28(36)40-6-2)26(31-29(34)37)22-17-21(38-3)10-11-24(22)39-4/h7-11,16-17,26H,5-6,12-15,18H2,1-4H3,(H,31,37). The number of carbonyl (C=O) groups excluding carboxylic acids is 3. The number of nitrogens with one attached hydrogen (secondary N) is 1. The summed E-state index contributed by atoms with van der Waals surface area (Å²) in [6.07, 6.45) is 0. The molecule has 2 aliphatic heterocycles. The van der Waals surface area contributed by atoms with E-state index in [1.807, 2.05) is 6.92 Å². The summed E-state index contributed by atoms with van der Waals surface area (Å²) in [5.74, 6) is -0.192. The van der Waals surface area contributed by atoms with Crippen molar-refractivity contribution in [3.8, 4) is 11.5 Å². The molecule has 2 aromatic carbocycles. The highest BCUT2D eigenvalue weighted by molar-refractivity contribution is 5.96. The van der Waals surface area contributed by atoms with E-state index in [0.29, 0.717) is 73.2 Å². The molecule has 0 bridgehead atoms. The first kappa shape index (κ1) is 28.9. The molecule has 0 aliphatic carbocycles. The number of halogens is 1. The third-order valence-corrected chi connectivity index (χ3v) is 7.10. The van der Waals surface area contributed by atoms with Crippen molar-refractivity contribution in [1.29, 1.82) is 0 Å². The van der Waals surface area contributed by atoms with Gasteiger partial charge in [-0.3, -0.25) is 14.6 Å². The van der Waals surface area contributed by atoms with Crippen LogP contribution in [-0.2, 0) is 9.53 Å². The highest BCUT2D eigenvalue weighted by Crippen LogP contribution is 2.38. The number of urea groups is 1. The Hall–Kier alpha value is -4.12. The predicted octanol–water partition coefficient (Wildman–Crippen LogP) is 3.20. The Morgan fingerprint density at radius 3 is 2.40 bits per heavy atom. The minimum absolute atomic E-state index is 0.165. The Kier molecular flexibility index (Phi) is 9.26. The first-order valence-electron chi connectivity index (χ1n) is 13.3. The lowest BCUT2D eigenvalue weighted by atomic mass is 9.93. The number of likely N-dealkylation sites (N-methyl/N-ethyl adjacent to an activating group) is 1. The van der Waals surface area contributed by atoms with Crippen LogP contribution in [0, 0.1) is 5.82 Å². The monoisotopic (exact) mass is 554 g/mol. The fraction of sp³-hybridized carbons (Fsp3) is 0.414. The minimum Gasteiger partial charge on any atom is -0.497 e. The van der Waals surface area contributed by atoms with E-state index in [1.54, 1.807) is 41.0 Å². The van der Waals surface area contributed by atoms with Crippen LogP contribution >= 0.6 is 0 Å². The first-order chi connectivity index (χ1) is 19.3. The molecule has 40 heavy (non-hydrogen) atoms. The van der Waals surface area contributed by atoms with E-state index >= 15 is 0 Å². The van der Waals surface area contributed by atoms with Gasteiger partial charge in [0.05, 0.1) is 32.4 Å². The zero-order valence-electron chi connectivity index (χ0n) is 23.2. The molecular formula is C29H35FN4O6. The maximum atomic E-state index is 13.6. The number of hydrogen-bond donors (Lipinski definition) is 1. The van der Waals surface area contributed by atoms with Gasteiger partial charge in [-0.15, -0.1) is 0 Å². The highest BCUT2D eigenvalue weighted by atomic mass is 19.1. The number of nitrogens with zero attached hydrogens (tertiary/aromatic N) is 3. The number of carbonyl (C=O) groups is 3. The molecule has 0 aromatic heterocycles. The average molecular weight is 555 g/mol. The van der Waals surface area contributed by atoms with Crippen LogP contribution < -0.4 is 14.8 Å². The third kappa shape index (κ3) is 6.04. The topological polar surface area (TPSA) is 101 Å². The van der Waals surface area contributed by atoms with E-state index in [1.165, 1.54) is 32.4 Å². The molecule has 1 fully saturated rings. The maximum Gasteiger partial charge on any atom is 0.338 e. The molecule has 11 heteroatoms. The average Bonchev–Trinajstić information content (AvgIpc) is 2.96. The van der Waals surface area contributed by atoms with Crippen LogP contribution in [0.3, 0.4) is 0 Å². The van der Waals surface area contributed by atoms with Gasteiger partial charge in [0.25, 0.3) is 5.91 Å². The van der Waals surface area contributed by atoms with Gasteiger partial charge in [-0.25, -0.2) is 14.0 Å². The van der Waals surface area contributed by atoms with E-state index in [4.69, 9.17) is 14.2 Å². The van der Waals surface area contributed by atoms with E-state index in [2.05, 4.69) is 10.2 Å². The van der Waals surface area contributed by atoms with Crippen LogP contribution in [0.1, 0.15) is 35.8 Å². The summed E-state index contributed by atoms with van der Waals surface area (Å²) in [5, 5.41) is 2.95. The molecule has 2 aliphatic rings. The van der Waals surface area contributed by atoms with Crippen molar-refractivity contribution in [3.05, 3.63) is 70.7 Å². The van der Waals surface area contributed by atoms with Crippen molar-refractivity contribution in [2.24, 2.45) is 0 Å². The molecular weight excluding hydrogens is 519 g/mol. The van der Waals surface area contributed by atoms with Gasteiger partial charge in [0.2, 0.25) is 0 Å². The van der Waals surface area contributed by atoms with Crippen molar-refractivity contribution < 1.29 is 33.0 Å². The van der Waals surface area contributed by atoms with E-state index in [-0.39, 0.29) is 18.5 Å². The smallest absolute Gasteiger partial charge is 0.338 e. The van der Waals surface area contributed by atoms with Crippen LogP contribution in [0.2, 0.25) is 0 Å². The van der Waals surface area contributed by atoms with Crippen LogP contribution in [0.15, 0.2) is 53.7 Å². The summed E-state index contributed by atoms with van der Waals surface area (Å²) >= 11 is 0. The Morgan fingerprint density at radius 1 is 1.02 bits per heavy atom. The van der Waals surface area contributed by atoms with Gasteiger partial charge < -0.3 is 24.4 Å². The molecule has 0 spiro atoms. The highest BCUT2D eigenvalue weighted by Gasteiger charge is 2.40. The summed E-state index contributed by atoms with van der Waals surface area (Å²) in [5.41, 5.74) is 1.71. The van der Waals surface area contributed by atoms with Crippen LogP contribution in [0.4, 0.5) is 9.18 Å². The Balaban J connectivity index is 1.65. The lowest BCUT2D eigenvalue weighted by Crippen LogP contribution is -2.53. The van der Waals surface area contributed by atoms with Gasteiger partial charge in [0.1, 0.15) is 17.3 Å². The Bertz CT molecular complexity index is 1290. The van der Waals surface area contributed by atoms with E-state index in [9.17, 15) is 18.8 Å². The second-order valence-electron chi connectivity index (χ2n) is 9.39. The van der Waals surface area contributed by atoms with Crippen molar-refractivity contribution in [1.82, 2.24) is 20.0 Å². The summed E-state index contributed by atoms with van der Waals surface area (Å²) in [4.78, 5) is 45.0. The number of benzene rings is 2. The summed E-state index contributed by atoms with van der Waals surface area (Å²) in [7, 11) is 3.06. The number of rotatable bonds is 9. The Labute approximate surface area is 233 Å².